The first-order valence-corrected chi connectivity index (χ1v) is 7.09. The van der Waals surface area contributed by atoms with E-state index in [-0.39, 0.29) is 28.1 Å². The Hall–Kier alpha value is -1.32. The molecule has 1 aromatic carbocycles. The van der Waals surface area contributed by atoms with Gasteiger partial charge in [0.2, 0.25) is 6.79 Å². The van der Waals surface area contributed by atoms with Crippen LogP contribution in [0.5, 0.6) is 11.5 Å². The SMILES string of the molecule is O=S1(=O)NS(=O)(=O)c2cc3c(cc21)OCO3. The van der Waals surface area contributed by atoms with Gasteiger partial charge < -0.3 is 9.47 Å². The summed E-state index contributed by atoms with van der Waals surface area (Å²) in [7, 11) is -8.02. The molecular weight excluding hydrogens is 258 g/mol. The van der Waals surface area contributed by atoms with Crippen LogP contribution in [0.4, 0.5) is 0 Å². The van der Waals surface area contributed by atoms with Crippen LogP contribution in [-0.2, 0) is 20.0 Å². The van der Waals surface area contributed by atoms with Crippen molar-refractivity contribution in [3.63, 3.8) is 0 Å². The normalized spacial score (nSPS) is 23.0. The van der Waals surface area contributed by atoms with E-state index in [1.807, 2.05) is 0 Å². The molecule has 86 valence electrons. The zero-order valence-electron chi connectivity index (χ0n) is 7.63. The molecule has 0 unspecified atom stereocenters. The van der Waals surface area contributed by atoms with Crippen LogP contribution in [0.2, 0.25) is 0 Å². The minimum absolute atomic E-state index is 0.0499. The molecule has 0 aromatic heterocycles. The van der Waals surface area contributed by atoms with Gasteiger partial charge in [0, 0.05) is 12.1 Å². The van der Waals surface area contributed by atoms with Crippen LogP contribution in [0.25, 0.3) is 0 Å². The molecule has 3 rings (SSSR count). The van der Waals surface area contributed by atoms with Gasteiger partial charge in [-0.05, 0) is 0 Å². The summed E-state index contributed by atoms with van der Waals surface area (Å²) in [6.07, 6.45) is 0. The van der Waals surface area contributed by atoms with Crippen LogP contribution in [0, 0.1) is 0 Å². The maximum Gasteiger partial charge on any atom is 0.255 e. The molecule has 2 aliphatic rings. The molecule has 0 fully saturated rings. The van der Waals surface area contributed by atoms with Crippen LogP contribution in [0.3, 0.4) is 0 Å². The maximum atomic E-state index is 11.5. The molecule has 0 atom stereocenters. The minimum atomic E-state index is -4.01. The Morgan fingerprint density at radius 2 is 1.38 bits per heavy atom. The largest absolute Gasteiger partial charge is 0.454 e. The van der Waals surface area contributed by atoms with Crippen molar-refractivity contribution in [2.75, 3.05) is 6.79 Å². The van der Waals surface area contributed by atoms with E-state index in [4.69, 9.17) is 9.47 Å². The van der Waals surface area contributed by atoms with Gasteiger partial charge in [-0.1, -0.05) is 0 Å². The van der Waals surface area contributed by atoms with Crippen molar-refractivity contribution < 1.29 is 26.3 Å². The molecule has 0 bridgehead atoms. The average molecular weight is 263 g/mol. The van der Waals surface area contributed by atoms with Gasteiger partial charge in [0.15, 0.2) is 11.5 Å². The number of ether oxygens (including phenoxy) is 2. The highest BCUT2D eigenvalue weighted by molar-refractivity contribution is 8.07. The van der Waals surface area contributed by atoms with Crippen molar-refractivity contribution in [3.8, 4) is 11.5 Å². The van der Waals surface area contributed by atoms with E-state index in [0.29, 0.717) is 0 Å². The predicted octanol–water partition coefficient (Wildman–Crippen LogP) is -0.604. The van der Waals surface area contributed by atoms with Crippen molar-refractivity contribution in [2.45, 2.75) is 9.79 Å². The van der Waals surface area contributed by atoms with Gasteiger partial charge in [0.1, 0.15) is 9.79 Å². The van der Waals surface area contributed by atoms with Crippen molar-refractivity contribution in [1.82, 2.24) is 4.13 Å². The Bertz CT molecular complexity index is 631. The van der Waals surface area contributed by atoms with E-state index in [0.717, 1.165) is 12.1 Å². The molecule has 7 nitrogen and oxygen atoms in total. The van der Waals surface area contributed by atoms with E-state index in [1.54, 1.807) is 4.13 Å². The van der Waals surface area contributed by atoms with Gasteiger partial charge in [-0.15, -0.1) is 4.13 Å². The lowest BCUT2D eigenvalue weighted by atomic mass is 10.3. The monoisotopic (exact) mass is 263 g/mol. The molecule has 1 N–H and O–H groups in total. The standard InChI is InChI=1S/C7H5NO6S2/c9-15(10)6-1-4-5(14-3-13-4)2-7(6)16(11,12)8-15/h1-2,8H,3H2. The topological polar surface area (TPSA) is 98.8 Å². The molecule has 2 aliphatic heterocycles. The summed E-state index contributed by atoms with van der Waals surface area (Å²) >= 11 is 0. The fourth-order valence-corrected chi connectivity index (χ4v) is 5.26. The van der Waals surface area contributed by atoms with Gasteiger partial charge >= 0.3 is 0 Å². The van der Waals surface area contributed by atoms with Crippen LogP contribution < -0.4 is 13.6 Å². The zero-order valence-corrected chi connectivity index (χ0v) is 9.26. The Kier molecular flexibility index (Phi) is 1.65. The number of sulfonamides is 2. The quantitative estimate of drug-likeness (QED) is 0.670. The second-order valence-electron chi connectivity index (χ2n) is 3.24. The van der Waals surface area contributed by atoms with Crippen LogP contribution in [0.1, 0.15) is 0 Å². The molecule has 1 aromatic rings. The Balaban J connectivity index is 2.42. The van der Waals surface area contributed by atoms with Crippen molar-refractivity contribution >= 4 is 20.0 Å². The third kappa shape index (κ3) is 1.16. The third-order valence-corrected chi connectivity index (χ3v) is 5.96. The van der Waals surface area contributed by atoms with E-state index < -0.39 is 20.0 Å². The second kappa shape index (κ2) is 2.67. The maximum absolute atomic E-state index is 11.5. The summed E-state index contributed by atoms with van der Waals surface area (Å²) in [6, 6.07) is 2.29. The smallest absolute Gasteiger partial charge is 0.255 e. The zero-order chi connectivity index (χ0) is 11.6. The van der Waals surface area contributed by atoms with Gasteiger partial charge in [-0.2, -0.15) is 0 Å². The Morgan fingerprint density at radius 3 is 1.81 bits per heavy atom. The number of nitrogens with one attached hydrogen (secondary N) is 1. The number of hydrogen-bond donors (Lipinski definition) is 1. The molecule has 2 heterocycles. The first kappa shape index (κ1) is 9.87. The summed E-state index contributed by atoms with van der Waals surface area (Å²) in [5.74, 6) is 0.447. The highest BCUT2D eigenvalue weighted by Gasteiger charge is 2.40. The van der Waals surface area contributed by atoms with Gasteiger partial charge in [-0.25, -0.2) is 16.8 Å². The van der Waals surface area contributed by atoms with Crippen molar-refractivity contribution in [2.24, 2.45) is 0 Å². The lowest BCUT2D eigenvalue weighted by Crippen LogP contribution is -2.21. The van der Waals surface area contributed by atoms with Gasteiger partial charge in [0.05, 0.1) is 0 Å². The van der Waals surface area contributed by atoms with E-state index in [9.17, 15) is 16.8 Å². The third-order valence-electron chi connectivity index (χ3n) is 2.24. The number of benzene rings is 1. The Labute approximate surface area is 91.1 Å². The molecule has 0 radical (unpaired) electrons. The number of rotatable bonds is 0. The highest BCUT2D eigenvalue weighted by atomic mass is 32.3. The first-order valence-electron chi connectivity index (χ1n) is 4.12. The number of hydrogen-bond acceptors (Lipinski definition) is 6. The summed E-state index contributed by atoms with van der Waals surface area (Å²) in [5.41, 5.74) is 0. The van der Waals surface area contributed by atoms with Crippen molar-refractivity contribution in [3.05, 3.63) is 12.1 Å². The van der Waals surface area contributed by atoms with Crippen LogP contribution in [-0.4, -0.2) is 23.6 Å². The number of fused-ring (bicyclic) bond motifs is 2. The molecule has 0 aliphatic carbocycles. The molecule has 0 saturated carbocycles. The summed E-state index contributed by atoms with van der Waals surface area (Å²) < 4.78 is 57.5. The lowest BCUT2D eigenvalue weighted by Gasteiger charge is -1.98. The van der Waals surface area contributed by atoms with Crippen LogP contribution >= 0.6 is 0 Å². The van der Waals surface area contributed by atoms with Gasteiger partial charge in [-0.3, -0.25) is 0 Å². The summed E-state index contributed by atoms with van der Waals surface area (Å²) in [5, 5.41) is 0. The predicted molar refractivity (Wildman–Crippen MR) is 50.1 cm³/mol. The van der Waals surface area contributed by atoms with Crippen LogP contribution in [0.15, 0.2) is 21.9 Å². The summed E-state index contributed by atoms with van der Waals surface area (Å²) in [4.78, 5) is -0.617. The average Bonchev–Trinajstić information content (AvgIpc) is 2.66. The van der Waals surface area contributed by atoms with E-state index >= 15 is 0 Å². The highest BCUT2D eigenvalue weighted by Crippen LogP contribution is 2.40. The molecule has 0 spiro atoms. The fraction of sp³-hybridized carbons (Fsp3) is 0.143. The summed E-state index contributed by atoms with van der Waals surface area (Å²) in [6.45, 7) is -0.0499. The van der Waals surface area contributed by atoms with E-state index in [2.05, 4.69) is 0 Å². The van der Waals surface area contributed by atoms with Gasteiger partial charge in [0.25, 0.3) is 20.0 Å². The fourth-order valence-electron chi connectivity index (χ4n) is 1.56. The van der Waals surface area contributed by atoms with E-state index in [1.165, 1.54) is 0 Å². The molecule has 9 heteroatoms. The molecular formula is C7H5NO6S2. The minimum Gasteiger partial charge on any atom is -0.454 e. The molecule has 0 amide bonds. The first-order chi connectivity index (χ1) is 7.40. The molecule has 16 heavy (non-hydrogen) atoms. The second-order valence-corrected chi connectivity index (χ2v) is 6.80. The molecule has 0 saturated heterocycles. The van der Waals surface area contributed by atoms with Crippen molar-refractivity contribution in [1.29, 1.82) is 0 Å². The Morgan fingerprint density at radius 1 is 0.938 bits per heavy atom. The lowest BCUT2D eigenvalue weighted by molar-refractivity contribution is 0.173.